The molecule has 0 unspecified atom stereocenters. The van der Waals surface area contributed by atoms with Crippen LogP contribution in [0.25, 0.3) is 0 Å². The first kappa shape index (κ1) is 53.3. The van der Waals surface area contributed by atoms with Crippen LogP contribution in [0.3, 0.4) is 0 Å². The van der Waals surface area contributed by atoms with Crippen molar-refractivity contribution in [2.24, 2.45) is 0 Å². The third-order valence-electron chi connectivity index (χ3n) is 11.5. The highest BCUT2D eigenvalue weighted by Crippen LogP contribution is 2.15. The van der Waals surface area contributed by atoms with E-state index in [2.05, 4.69) is 23.6 Å². The summed E-state index contributed by atoms with van der Waals surface area (Å²) in [5, 5.41) is 18.9. The summed E-state index contributed by atoms with van der Waals surface area (Å²) in [5.74, 6) is -0.00945. The predicted octanol–water partition coefficient (Wildman–Crippen LogP) is 13.2. The van der Waals surface area contributed by atoms with Crippen LogP contribution in [0.4, 0.5) is 0 Å². The van der Waals surface area contributed by atoms with Gasteiger partial charge < -0.3 is 24.7 Å². The normalized spacial score (nSPS) is 11.7. The number of carbonyl (C=O) groups is 1. The average molecular weight is 767 g/mol. The number of ether oxygens (including phenoxy) is 1. The molecule has 0 fully saturated rings. The van der Waals surface area contributed by atoms with Crippen LogP contribution in [-0.4, -0.2) is 85.1 Å². The maximum atomic E-state index is 12.1. The number of carbonyl (C=O) groups excluding carboxylic acids is 1. The smallest absolute Gasteiger partial charge is 0.305 e. The van der Waals surface area contributed by atoms with Crippen LogP contribution in [0.15, 0.2) is 0 Å². The molecule has 0 saturated carbocycles. The monoisotopic (exact) mass is 767 g/mol. The molecule has 0 aromatic heterocycles. The summed E-state index contributed by atoms with van der Waals surface area (Å²) in [7, 11) is 0. The van der Waals surface area contributed by atoms with E-state index in [1.54, 1.807) is 0 Å². The molecular formula is C48H98N2O4. The largest absolute Gasteiger partial charge is 0.466 e. The third-order valence-corrected chi connectivity index (χ3v) is 11.5. The molecule has 0 aliphatic heterocycles. The lowest BCUT2D eigenvalue weighted by Crippen LogP contribution is -2.29. The molecule has 0 aromatic rings. The first-order valence-electron chi connectivity index (χ1n) is 24.5. The Hall–Kier alpha value is -0.690. The third kappa shape index (κ3) is 42.5. The van der Waals surface area contributed by atoms with Crippen molar-refractivity contribution in [3.05, 3.63) is 0 Å². The molecule has 0 spiro atoms. The predicted molar refractivity (Wildman–Crippen MR) is 236 cm³/mol. The van der Waals surface area contributed by atoms with E-state index in [-0.39, 0.29) is 19.2 Å². The zero-order valence-corrected chi connectivity index (χ0v) is 36.9. The number of aliphatic hydroxyl groups excluding tert-OH is 2. The highest BCUT2D eigenvalue weighted by molar-refractivity contribution is 5.69. The summed E-state index contributed by atoms with van der Waals surface area (Å²) in [4.78, 5) is 17.1. The Kier molecular flexibility index (Phi) is 46.1. The minimum absolute atomic E-state index is 0.00945. The molecule has 0 rings (SSSR count). The molecule has 0 aromatic carbocycles. The Morgan fingerprint density at radius 1 is 0.352 bits per heavy atom. The number of hydrogen-bond donors (Lipinski definition) is 2. The quantitative estimate of drug-likeness (QED) is 0.0475. The zero-order chi connectivity index (χ0) is 39.3. The van der Waals surface area contributed by atoms with Crippen molar-refractivity contribution in [3.63, 3.8) is 0 Å². The molecule has 0 aliphatic rings. The van der Waals surface area contributed by atoms with E-state index >= 15 is 0 Å². The molecular weight excluding hydrogens is 669 g/mol. The Morgan fingerprint density at radius 3 is 0.907 bits per heavy atom. The van der Waals surface area contributed by atoms with Crippen LogP contribution in [0.1, 0.15) is 245 Å². The van der Waals surface area contributed by atoms with Gasteiger partial charge in [-0.05, 0) is 64.7 Å². The lowest BCUT2D eigenvalue weighted by molar-refractivity contribution is -0.143. The van der Waals surface area contributed by atoms with Crippen LogP contribution in [0.5, 0.6) is 0 Å². The lowest BCUT2D eigenvalue weighted by atomic mass is 10.1. The number of unbranched alkanes of at least 4 members (excludes halogenated alkanes) is 31. The van der Waals surface area contributed by atoms with Crippen molar-refractivity contribution in [3.8, 4) is 0 Å². The second kappa shape index (κ2) is 46.7. The molecule has 0 amide bonds. The topological polar surface area (TPSA) is 73.2 Å². The molecule has 6 heteroatoms. The standard InChI is InChI=1S/C48H98N2O4/c1-3-5-7-9-11-13-15-21-27-33-39-49(43-45-51)41-35-29-23-17-18-25-31-37-47-54-48(53)38-32-26-20-19-24-30-36-42-50(44-46-52)40-34-28-22-16-14-12-10-8-6-4-2/h51-52H,3-47H2,1-2H3. The van der Waals surface area contributed by atoms with Gasteiger partial charge in [0, 0.05) is 19.5 Å². The van der Waals surface area contributed by atoms with Gasteiger partial charge in [-0.3, -0.25) is 4.79 Å². The lowest BCUT2D eigenvalue weighted by Gasteiger charge is -2.21. The van der Waals surface area contributed by atoms with Gasteiger partial charge in [0.15, 0.2) is 0 Å². The van der Waals surface area contributed by atoms with E-state index in [9.17, 15) is 15.0 Å². The van der Waals surface area contributed by atoms with Crippen LogP contribution in [0, 0.1) is 0 Å². The molecule has 0 saturated heterocycles. The van der Waals surface area contributed by atoms with E-state index in [0.717, 1.165) is 65.0 Å². The van der Waals surface area contributed by atoms with Gasteiger partial charge in [0.05, 0.1) is 19.8 Å². The Balaban J connectivity index is 3.51. The Bertz CT molecular complexity index is 708. The van der Waals surface area contributed by atoms with Crippen molar-refractivity contribution in [2.45, 2.75) is 245 Å². The summed E-state index contributed by atoms with van der Waals surface area (Å²) in [6.45, 7) is 11.9. The summed E-state index contributed by atoms with van der Waals surface area (Å²) >= 11 is 0. The first-order chi connectivity index (χ1) is 26.7. The fourth-order valence-electron chi connectivity index (χ4n) is 7.84. The van der Waals surface area contributed by atoms with Crippen LogP contribution in [-0.2, 0) is 9.53 Å². The molecule has 0 radical (unpaired) electrons. The number of rotatable bonds is 47. The van der Waals surface area contributed by atoms with Gasteiger partial charge in [-0.1, -0.05) is 200 Å². The van der Waals surface area contributed by atoms with Crippen molar-refractivity contribution < 1.29 is 19.7 Å². The highest BCUT2D eigenvalue weighted by Gasteiger charge is 2.07. The van der Waals surface area contributed by atoms with E-state index in [4.69, 9.17) is 4.74 Å². The first-order valence-corrected chi connectivity index (χ1v) is 24.5. The zero-order valence-electron chi connectivity index (χ0n) is 36.9. The van der Waals surface area contributed by atoms with Gasteiger partial charge in [-0.25, -0.2) is 0 Å². The van der Waals surface area contributed by atoms with E-state index in [1.165, 1.54) is 199 Å². The molecule has 0 heterocycles. The minimum Gasteiger partial charge on any atom is -0.466 e. The maximum absolute atomic E-state index is 12.1. The Morgan fingerprint density at radius 2 is 0.611 bits per heavy atom. The van der Waals surface area contributed by atoms with Gasteiger partial charge >= 0.3 is 5.97 Å². The van der Waals surface area contributed by atoms with Crippen LogP contribution >= 0.6 is 0 Å². The summed E-state index contributed by atoms with van der Waals surface area (Å²) in [5.41, 5.74) is 0. The van der Waals surface area contributed by atoms with Gasteiger partial charge in [0.2, 0.25) is 0 Å². The molecule has 54 heavy (non-hydrogen) atoms. The van der Waals surface area contributed by atoms with E-state index < -0.39 is 0 Å². The fourth-order valence-corrected chi connectivity index (χ4v) is 7.84. The summed E-state index contributed by atoms with van der Waals surface area (Å²) < 4.78 is 5.50. The molecule has 0 bridgehead atoms. The second-order valence-corrected chi connectivity index (χ2v) is 16.8. The maximum Gasteiger partial charge on any atom is 0.305 e. The molecule has 6 nitrogen and oxygen atoms in total. The molecule has 324 valence electrons. The number of esters is 1. The average Bonchev–Trinajstić information content (AvgIpc) is 3.17. The van der Waals surface area contributed by atoms with Crippen molar-refractivity contribution in [2.75, 3.05) is 59.1 Å². The molecule has 0 aliphatic carbocycles. The van der Waals surface area contributed by atoms with Gasteiger partial charge in [-0.15, -0.1) is 0 Å². The second-order valence-electron chi connectivity index (χ2n) is 16.8. The Labute approximate surface area is 338 Å². The number of nitrogens with zero attached hydrogens (tertiary/aromatic N) is 2. The van der Waals surface area contributed by atoms with Crippen molar-refractivity contribution in [1.82, 2.24) is 9.80 Å². The van der Waals surface area contributed by atoms with Gasteiger partial charge in [-0.2, -0.15) is 0 Å². The van der Waals surface area contributed by atoms with Crippen LogP contribution < -0.4 is 0 Å². The van der Waals surface area contributed by atoms with Gasteiger partial charge in [0.25, 0.3) is 0 Å². The van der Waals surface area contributed by atoms with Crippen molar-refractivity contribution in [1.29, 1.82) is 0 Å². The van der Waals surface area contributed by atoms with Crippen LogP contribution in [0.2, 0.25) is 0 Å². The summed E-state index contributed by atoms with van der Waals surface area (Å²) in [6, 6.07) is 0. The molecule has 0 atom stereocenters. The summed E-state index contributed by atoms with van der Waals surface area (Å²) in [6.07, 6.45) is 46.3. The number of hydrogen-bond acceptors (Lipinski definition) is 6. The van der Waals surface area contributed by atoms with E-state index in [0.29, 0.717) is 13.0 Å². The van der Waals surface area contributed by atoms with E-state index in [1.807, 2.05) is 0 Å². The minimum atomic E-state index is -0.00945. The molecule has 2 N–H and O–H groups in total. The SMILES string of the molecule is CCCCCCCCCCCCN(CCO)CCCCCCCCCCOC(=O)CCCCCCCCCN(CCO)CCCCCCCCCCCC. The number of aliphatic hydroxyl groups is 2. The van der Waals surface area contributed by atoms with Gasteiger partial charge in [0.1, 0.15) is 0 Å². The van der Waals surface area contributed by atoms with Crippen molar-refractivity contribution >= 4 is 5.97 Å². The fraction of sp³-hybridized carbons (Fsp3) is 0.979. The highest BCUT2D eigenvalue weighted by atomic mass is 16.5.